The van der Waals surface area contributed by atoms with E-state index < -0.39 is 0 Å². The molecule has 2 aliphatic rings. The maximum atomic E-state index is 12.3. The fourth-order valence-electron chi connectivity index (χ4n) is 3.14. The van der Waals surface area contributed by atoms with E-state index in [2.05, 4.69) is 36.1 Å². The van der Waals surface area contributed by atoms with Crippen LogP contribution in [-0.4, -0.2) is 41.1 Å². The maximum absolute atomic E-state index is 12.3. The molecule has 0 radical (unpaired) electrons. The molecule has 1 aromatic heterocycles. The molecule has 1 N–H and O–H groups in total. The molecule has 116 valence electrons. The van der Waals surface area contributed by atoms with Crippen molar-refractivity contribution < 1.29 is 9.32 Å². The standard InChI is InChI=1S/C16H25N3O2/c1-10(2)19-8-11(3)14(9-19)17-16(20)13-7-15(21-18-13)12-5-4-6-12/h7,10-12,14H,4-6,8-9H2,1-3H3,(H,17,20)/t11-,14+/m0/s1. The van der Waals surface area contributed by atoms with Gasteiger partial charge in [-0.05, 0) is 32.6 Å². The number of amides is 1. The Bertz CT molecular complexity index is 507. The van der Waals surface area contributed by atoms with Crippen LogP contribution in [0.3, 0.4) is 0 Å². The maximum Gasteiger partial charge on any atom is 0.273 e. The fourth-order valence-corrected chi connectivity index (χ4v) is 3.14. The van der Waals surface area contributed by atoms with Gasteiger partial charge in [0.15, 0.2) is 5.69 Å². The van der Waals surface area contributed by atoms with Crippen LogP contribution in [-0.2, 0) is 0 Å². The van der Waals surface area contributed by atoms with E-state index in [1.807, 2.05) is 6.07 Å². The molecule has 3 rings (SSSR count). The minimum atomic E-state index is -0.105. The first-order chi connectivity index (χ1) is 10.0. The minimum absolute atomic E-state index is 0.105. The third kappa shape index (κ3) is 2.98. The van der Waals surface area contributed by atoms with E-state index >= 15 is 0 Å². The second-order valence-electron chi connectivity index (χ2n) is 6.85. The Labute approximate surface area is 126 Å². The van der Waals surface area contributed by atoms with Gasteiger partial charge in [0.1, 0.15) is 5.76 Å². The van der Waals surface area contributed by atoms with Crippen LogP contribution in [0.1, 0.15) is 62.2 Å². The van der Waals surface area contributed by atoms with Crippen molar-refractivity contribution in [3.63, 3.8) is 0 Å². The molecule has 1 aliphatic carbocycles. The number of nitrogens with one attached hydrogen (secondary N) is 1. The van der Waals surface area contributed by atoms with Crippen molar-refractivity contribution in [3.05, 3.63) is 17.5 Å². The molecular formula is C16H25N3O2. The summed E-state index contributed by atoms with van der Waals surface area (Å²) in [5.41, 5.74) is 0.423. The second-order valence-corrected chi connectivity index (χ2v) is 6.85. The average Bonchev–Trinajstić information content (AvgIpc) is 2.95. The first-order valence-electron chi connectivity index (χ1n) is 8.06. The third-order valence-electron chi connectivity index (χ3n) is 4.96. The summed E-state index contributed by atoms with van der Waals surface area (Å²) in [6.45, 7) is 8.53. The van der Waals surface area contributed by atoms with E-state index in [0.29, 0.717) is 23.6 Å². The molecule has 2 atom stereocenters. The summed E-state index contributed by atoms with van der Waals surface area (Å²) in [6.07, 6.45) is 3.55. The van der Waals surface area contributed by atoms with Gasteiger partial charge in [0, 0.05) is 37.2 Å². The van der Waals surface area contributed by atoms with Crippen LogP contribution in [0.25, 0.3) is 0 Å². The summed E-state index contributed by atoms with van der Waals surface area (Å²) < 4.78 is 5.32. The average molecular weight is 291 g/mol. The number of likely N-dealkylation sites (tertiary alicyclic amines) is 1. The van der Waals surface area contributed by atoms with Gasteiger partial charge in [0.2, 0.25) is 0 Å². The zero-order valence-electron chi connectivity index (χ0n) is 13.1. The predicted octanol–water partition coefficient (Wildman–Crippen LogP) is 2.40. The molecule has 0 unspecified atom stereocenters. The van der Waals surface area contributed by atoms with Crippen molar-refractivity contribution in [3.8, 4) is 0 Å². The van der Waals surface area contributed by atoms with Crippen molar-refractivity contribution in [2.45, 2.75) is 58.0 Å². The van der Waals surface area contributed by atoms with Gasteiger partial charge in [-0.2, -0.15) is 0 Å². The topological polar surface area (TPSA) is 58.4 Å². The summed E-state index contributed by atoms with van der Waals surface area (Å²) in [4.78, 5) is 14.7. The zero-order chi connectivity index (χ0) is 15.0. The molecule has 5 heteroatoms. The quantitative estimate of drug-likeness (QED) is 0.925. The van der Waals surface area contributed by atoms with Gasteiger partial charge in [-0.15, -0.1) is 0 Å². The number of nitrogens with zero attached hydrogens (tertiary/aromatic N) is 2. The molecule has 1 amide bonds. The molecular weight excluding hydrogens is 266 g/mol. The summed E-state index contributed by atoms with van der Waals surface area (Å²) in [5, 5.41) is 7.05. The number of carbonyl (C=O) groups excluding carboxylic acids is 1. The van der Waals surface area contributed by atoms with E-state index in [9.17, 15) is 4.79 Å². The monoisotopic (exact) mass is 291 g/mol. The smallest absolute Gasteiger partial charge is 0.273 e. The molecule has 0 bridgehead atoms. The normalized spacial score (nSPS) is 27.0. The van der Waals surface area contributed by atoms with Gasteiger partial charge < -0.3 is 9.84 Å². The van der Waals surface area contributed by atoms with Crippen molar-refractivity contribution in [2.24, 2.45) is 5.92 Å². The van der Waals surface area contributed by atoms with Crippen molar-refractivity contribution in [1.29, 1.82) is 0 Å². The lowest BCUT2D eigenvalue weighted by Crippen LogP contribution is -2.40. The Morgan fingerprint density at radius 2 is 2.19 bits per heavy atom. The Balaban J connectivity index is 1.59. The number of hydrogen-bond donors (Lipinski definition) is 1. The van der Waals surface area contributed by atoms with Gasteiger partial charge in [0.25, 0.3) is 5.91 Å². The molecule has 0 spiro atoms. The van der Waals surface area contributed by atoms with Gasteiger partial charge in [0.05, 0.1) is 0 Å². The van der Waals surface area contributed by atoms with Crippen LogP contribution < -0.4 is 5.32 Å². The highest BCUT2D eigenvalue weighted by Gasteiger charge is 2.33. The molecule has 21 heavy (non-hydrogen) atoms. The van der Waals surface area contributed by atoms with E-state index in [1.165, 1.54) is 6.42 Å². The summed E-state index contributed by atoms with van der Waals surface area (Å²) >= 11 is 0. The highest BCUT2D eigenvalue weighted by atomic mass is 16.5. The fraction of sp³-hybridized carbons (Fsp3) is 0.750. The SMILES string of the molecule is CC(C)N1C[C@H](C)[C@H](NC(=O)c2cc(C3CCC3)on2)C1. The molecule has 1 saturated heterocycles. The Morgan fingerprint density at radius 3 is 2.76 bits per heavy atom. The Hall–Kier alpha value is -1.36. The largest absolute Gasteiger partial charge is 0.360 e. The van der Waals surface area contributed by atoms with Crippen LogP contribution in [0.15, 0.2) is 10.6 Å². The Kier molecular flexibility index (Phi) is 4.02. The second kappa shape index (κ2) is 5.79. The lowest BCUT2D eigenvalue weighted by Gasteiger charge is -2.21. The predicted molar refractivity (Wildman–Crippen MR) is 80.2 cm³/mol. The van der Waals surface area contributed by atoms with Crippen molar-refractivity contribution >= 4 is 5.91 Å². The zero-order valence-corrected chi connectivity index (χ0v) is 13.1. The summed E-state index contributed by atoms with van der Waals surface area (Å²) in [5.74, 6) is 1.71. The van der Waals surface area contributed by atoms with E-state index in [0.717, 1.165) is 31.7 Å². The lowest BCUT2D eigenvalue weighted by atomic mass is 9.83. The van der Waals surface area contributed by atoms with Crippen LogP contribution >= 0.6 is 0 Å². The Morgan fingerprint density at radius 1 is 1.43 bits per heavy atom. The number of rotatable bonds is 4. The van der Waals surface area contributed by atoms with E-state index in [1.54, 1.807) is 0 Å². The minimum Gasteiger partial charge on any atom is -0.360 e. The van der Waals surface area contributed by atoms with Crippen molar-refractivity contribution in [2.75, 3.05) is 13.1 Å². The van der Waals surface area contributed by atoms with Crippen molar-refractivity contribution in [1.82, 2.24) is 15.4 Å². The third-order valence-corrected chi connectivity index (χ3v) is 4.96. The number of aromatic nitrogens is 1. The van der Waals surface area contributed by atoms with E-state index in [-0.39, 0.29) is 11.9 Å². The molecule has 2 heterocycles. The number of carbonyl (C=O) groups is 1. The van der Waals surface area contributed by atoms with E-state index in [4.69, 9.17) is 4.52 Å². The lowest BCUT2D eigenvalue weighted by molar-refractivity contribution is 0.0921. The highest BCUT2D eigenvalue weighted by molar-refractivity contribution is 5.92. The first kappa shape index (κ1) is 14.6. The van der Waals surface area contributed by atoms with Crippen LogP contribution in [0.2, 0.25) is 0 Å². The summed E-state index contributed by atoms with van der Waals surface area (Å²) in [7, 11) is 0. The molecule has 2 fully saturated rings. The van der Waals surface area contributed by atoms with Gasteiger partial charge in [-0.1, -0.05) is 18.5 Å². The van der Waals surface area contributed by atoms with Crippen LogP contribution in [0, 0.1) is 5.92 Å². The van der Waals surface area contributed by atoms with Crippen LogP contribution in [0.5, 0.6) is 0 Å². The molecule has 1 aliphatic heterocycles. The highest BCUT2D eigenvalue weighted by Crippen LogP contribution is 2.36. The summed E-state index contributed by atoms with van der Waals surface area (Å²) in [6, 6.07) is 2.54. The molecule has 5 nitrogen and oxygen atoms in total. The van der Waals surface area contributed by atoms with Gasteiger partial charge in [-0.25, -0.2) is 0 Å². The number of hydrogen-bond acceptors (Lipinski definition) is 4. The molecule has 1 aromatic rings. The first-order valence-corrected chi connectivity index (χ1v) is 8.06. The van der Waals surface area contributed by atoms with Gasteiger partial charge in [-0.3, -0.25) is 9.69 Å². The molecule has 0 aromatic carbocycles. The van der Waals surface area contributed by atoms with Gasteiger partial charge >= 0.3 is 0 Å². The van der Waals surface area contributed by atoms with Crippen LogP contribution in [0.4, 0.5) is 0 Å². The molecule has 1 saturated carbocycles.